The molecular weight excluding hydrogens is 314 g/mol. The highest BCUT2D eigenvalue weighted by atomic mass is 16.5. The number of aromatic nitrogens is 3. The summed E-state index contributed by atoms with van der Waals surface area (Å²) in [6.07, 6.45) is 1.45. The molecule has 3 rings (SSSR count). The zero-order chi connectivity index (χ0) is 17.3. The quantitative estimate of drug-likeness (QED) is 0.704. The van der Waals surface area contributed by atoms with Gasteiger partial charge in [-0.3, -0.25) is 9.36 Å². The Morgan fingerprint density at radius 3 is 2.46 bits per heavy atom. The lowest BCUT2D eigenvalue weighted by molar-refractivity contribution is 0.326. The molecule has 0 amide bonds. The fourth-order valence-corrected chi connectivity index (χ4v) is 2.55. The molecule has 0 spiro atoms. The number of benzene rings is 1. The summed E-state index contributed by atoms with van der Waals surface area (Å²) in [6, 6.07) is 3.36. The van der Waals surface area contributed by atoms with Crippen LogP contribution in [0.3, 0.4) is 0 Å². The Bertz CT molecular complexity index is 945. The average molecular weight is 331 g/mol. The summed E-state index contributed by atoms with van der Waals surface area (Å²) in [5, 5.41) is 4.26. The van der Waals surface area contributed by atoms with E-state index in [1.165, 1.54) is 32.2 Å². The molecule has 0 unspecified atom stereocenters. The zero-order valence-electron chi connectivity index (χ0n) is 13.8. The maximum Gasteiger partial charge on any atom is 0.261 e. The first kappa shape index (κ1) is 15.9. The van der Waals surface area contributed by atoms with Crippen LogP contribution in [0.5, 0.6) is 17.2 Å². The first-order valence-corrected chi connectivity index (χ1v) is 7.19. The monoisotopic (exact) mass is 331 g/mol. The van der Waals surface area contributed by atoms with Gasteiger partial charge in [-0.2, -0.15) is 0 Å². The van der Waals surface area contributed by atoms with E-state index in [1.807, 2.05) is 0 Å². The van der Waals surface area contributed by atoms with E-state index in [1.54, 1.807) is 19.1 Å². The van der Waals surface area contributed by atoms with Crippen molar-refractivity contribution in [2.75, 3.05) is 21.3 Å². The van der Waals surface area contributed by atoms with Gasteiger partial charge in [0.15, 0.2) is 11.5 Å². The van der Waals surface area contributed by atoms with Crippen LogP contribution in [0.15, 0.2) is 27.8 Å². The molecule has 2 heterocycles. The average Bonchev–Trinajstić information content (AvgIpc) is 3.00. The number of fused-ring (bicyclic) bond motifs is 1. The fraction of sp³-hybridized carbons (Fsp3) is 0.312. The molecule has 1 aromatic carbocycles. The van der Waals surface area contributed by atoms with Crippen molar-refractivity contribution in [2.24, 2.45) is 0 Å². The van der Waals surface area contributed by atoms with Gasteiger partial charge in [0.05, 0.1) is 39.6 Å². The lowest BCUT2D eigenvalue weighted by Crippen LogP contribution is -2.21. The molecule has 0 bridgehead atoms. The van der Waals surface area contributed by atoms with E-state index in [9.17, 15) is 4.79 Å². The zero-order valence-corrected chi connectivity index (χ0v) is 13.8. The first-order chi connectivity index (χ1) is 11.6. The highest BCUT2D eigenvalue weighted by Gasteiger charge is 2.19. The summed E-state index contributed by atoms with van der Waals surface area (Å²) >= 11 is 0. The van der Waals surface area contributed by atoms with Crippen LogP contribution in [0.4, 0.5) is 0 Å². The number of nitrogens with zero attached hydrogens (tertiary/aromatic N) is 3. The highest BCUT2D eigenvalue weighted by molar-refractivity contribution is 5.89. The number of hydrogen-bond acceptors (Lipinski definition) is 7. The minimum absolute atomic E-state index is 0.236. The van der Waals surface area contributed by atoms with E-state index in [0.29, 0.717) is 39.6 Å². The van der Waals surface area contributed by atoms with Crippen LogP contribution in [0.25, 0.3) is 10.9 Å². The molecule has 24 heavy (non-hydrogen) atoms. The third-order valence-corrected chi connectivity index (χ3v) is 3.63. The maximum atomic E-state index is 12.8. The van der Waals surface area contributed by atoms with Gasteiger partial charge in [0, 0.05) is 6.07 Å². The van der Waals surface area contributed by atoms with Crippen molar-refractivity contribution in [3.05, 3.63) is 40.3 Å². The Morgan fingerprint density at radius 2 is 1.88 bits per heavy atom. The number of methoxy groups -OCH3 is 3. The molecule has 8 heteroatoms. The van der Waals surface area contributed by atoms with E-state index in [4.69, 9.17) is 18.7 Å². The molecule has 0 aliphatic carbocycles. The molecular formula is C16H17N3O5. The van der Waals surface area contributed by atoms with Crippen LogP contribution < -0.4 is 19.8 Å². The Hall–Kier alpha value is -3.03. The Morgan fingerprint density at radius 1 is 1.12 bits per heavy atom. The van der Waals surface area contributed by atoms with Gasteiger partial charge in [-0.15, -0.1) is 0 Å². The lowest BCUT2D eigenvalue weighted by Gasteiger charge is -2.14. The van der Waals surface area contributed by atoms with Crippen molar-refractivity contribution < 1.29 is 18.7 Å². The van der Waals surface area contributed by atoms with Crippen LogP contribution in [0, 0.1) is 6.92 Å². The molecule has 0 fully saturated rings. The van der Waals surface area contributed by atoms with Gasteiger partial charge in [-0.05, 0) is 13.0 Å². The second-order valence-electron chi connectivity index (χ2n) is 5.15. The summed E-state index contributed by atoms with van der Waals surface area (Å²) < 4.78 is 22.4. The molecule has 0 N–H and O–H groups in total. The Balaban J connectivity index is 2.19. The second kappa shape index (κ2) is 6.23. The second-order valence-corrected chi connectivity index (χ2v) is 5.15. The van der Waals surface area contributed by atoms with Crippen molar-refractivity contribution in [1.82, 2.24) is 14.7 Å². The number of aryl methyl sites for hydroxylation is 1. The van der Waals surface area contributed by atoms with Gasteiger partial charge < -0.3 is 18.7 Å². The summed E-state index contributed by atoms with van der Waals surface area (Å²) in [6.45, 7) is 2.05. The third-order valence-electron chi connectivity index (χ3n) is 3.63. The van der Waals surface area contributed by atoms with E-state index in [-0.39, 0.29) is 12.1 Å². The molecule has 8 nitrogen and oxygen atoms in total. The van der Waals surface area contributed by atoms with Gasteiger partial charge in [0.2, 0.25) is 5.75 Å². The van der Waals surface area contributed by atoms with Crippen molar-refractivity contribution in [2.45, 2.75) is 13.5 Å². The first-order valence-electron chi connectivity index (χ1n) is 7.19. The molecule has 126 valence electrons. The largest absolute Gasteiger partial charge is 0.493 e. The molecule has 3 aromatic rings. The summed E-state index contributed by atoms with van der Waals surface area (Å²) in [5.74, 6) is 1.83. The molecule has 0 atom stereocenters. The van der Waals surface area contributed by atoms with Gasteiger partial charge in [-0.25, -0.2) is 4.98 Å². The molecule has 0 saturated heterocycles. The topological polar surface area (TPSA) is 88.6 Å². The van der Waals surface area contributed by atoms with Crippen molar-refractivity contribution in [3.8, 4) is 17.2 Å². The predicted molar refractivity (Wildman–Crippen MR) is 86.0 cm³/mol. The standard InChI is InChI=1S/C16H17N3O5/c1-9-5-10(18-24-9)7-19-8-17-13-11(16(19)20)6-12(21-2)14(22-3)15(13)23-4/h5-6,8H,7H2,1-4H3. The van der Waals surface area contributed by atoms with Gasteiger partial charge in [0.1, 0.15) is 17.0 Å². The minimum atomic E-state index is -0.236. The van der Waals surface area contributed by atoms with Crippen LogP contribution >= 0.6 is 0 Å². The molecule has 0 saturated carbocycles. The number of hydrogen-bond donors (Lipinski definition) is 0. The van der Waals surface area contributed by atoms with E-state index < -0.39 is 0 Å². The van der Waals surface area contributed by atoms with Gasteiger partial charge in [-0.1, -0.05) is 5.16 Å². The fourth-order valence-electron chi connectivity index (χ4n) is 2.55. The van der Waals surface area contributed by atoms with E-state index in [2.05, 4.69) is 10.1 Å². The summed E-state index contributed by atoms with van der Waals surface area (Å²) in [4.78, 5) is 17.1. The summed E-state index contributed by atoms with van der Waals surface area (Å²) in [5.41, 5.74) is 0.816. The van der Waals surface area contributed by atoms with Crippen LogP contribution in [-0.4, -0.2) is 36.0 Å². The predicted octanol–water partition coefficient (Wildman–Crippen LogP) is 1.77. The molecule has 2 aromatic heterocycles. The van der Waals surface area contributed by atoms with Crippen molar-refractivity contribution >= 4 is 10.9 Å². The number of ether oxygens (including phenoxy) is 3. The normalized spacial score (nSPS) is 10.8. The lowest BCUT2D eigenvalue weighted by atomic mass is 10.2. The van der Waals surface area contributed by atoms with Crippen LogP contribution in [-0.2, 0) is 6.54 Å². The highest BCUT2D eigenvalue weighted by Crippen LogP contribution is 2.41. The van der Waals surface area contributed by atoms with Crippen LogP contribution in [0.2, 0.25) is 0 Å². The van der Waals surface area contributed by atoms with E-state index in [0.717, 1.165) is 0 Å². The van der Waals surface area contributed by atoms with Crippen molar-refractivity contribution in [1.29, 1.82) is 0 Å². The number of rotatable bonds is 5. The van der Waals surface area contributed by atoms with Gasteiger partial charge in [0.25, 0.3) is 5.56 Å². The molecule has 0 radical (unpaired) electrons. The minimum Gasteiger partial charge on any atom is -0.493 e. The van der Waals surface area contributed by atoms with Crippen molar-refractivity contribution in [3.63, 3.8) is 0 Å². The maximum absolute atomic E-state index is 12.8. The van der Waals surface area contributed by atoms with Gasteiger partial charge >= 0.3 is 0 Å². The third kappa shape index (κ3) is 2.55. The molecule has 0 aliphatic heterocycles. The summed E-state index contributed by atoms with van der Waals surface area (Å²) in [7, 11) is 4.48. The Kier molecular flexibility index (Phi) is 4.11. The molecule has 0 aliphatic rings. The van der Waals surface area contributed by atoms with E-state index >= 15 is 0 Å². The SMILES string of the molecule is COc1cc2c(=O)n(Cc3cc(C)on3)cnc2c(OC)c1OC. The smallest absolute Gasteiger partial charge is 0.261 e. The Labute approximate surface area is 137 Å². The van der Waals surface area contributed by atoms with Crippen LogP contribution in [0.1, 0.15) is 11.5 Å².